The third-order valence-corrected chi connectivity index (χ3v) is 3.98. The summed E-state index contributed by atoms with van der Waals surface area (Å²) in [6, 6.07) is 2.04. The van der Waals surface area contributed by atoms with Crippen molar-refractivity contribution in [3.8, 4) is 5.75 Å². The summed E-state index contributed by atoms with van der Waals surface area (Å²) in [5.74, 6) is 2.26. The van der Waals surface area contributed by atoms with Crippen molar-refractivity contribution in [3.63, 3.8) is 0 Å². The largest absolute Gasteiger partial charge is 0.491 e. The summed E-state index contributed by atoms with van der Waals surface area (Å²) in [6.07, 6.45) is 11.7. The van der Waals surface area contributed by atoms with Crippen molar-refractivity contribution in [1.29, 1.82) is 0 Å². The van der Waals surface area contributed by atoms with Gasteiger partial charge in [0.15, 0.2) is 0 Å². The summed E-state index contributed by atoms with van der Waals surface area (Å²) in [5, 5.41) is 3.42. The molecular weight excluding hydrogens is 248 g/mol. The third-order valence-electron chi connectivity index (χ3n) is 3.98. The lowest BCUT2D eigenvalue weighted by Gasteiger charge is -2.25. The first-order valence-corrected chi connectivity index (χ1v) is 7.72. The van der Waals surface area contributed by atoms with Crippen LogP contribution in [0.4, 0.5) is 0 Å². The molecule has 0 aromatic carbocycles. The summed E-state index contributed by atoms with van der Waals surface area (Å²) in [4.78, 5) is 4.19. The molecule has 0 saturated carbocycles. The van der Waals surface area contributed by atoms with Gasteiger partial charge in [0.1, 0.15) is 5.75 Å². The molecule has 1 aromatic heterocycles. The van der Waals surface area contributed by atoms with Gasteiger partial charge in [0.25, 0.3) is 0 Å². The van der Waals surface area contributed by atoms with E-state index in [0.29, 0.717) is 11.8 Å². The van der Waals surface area contributed by atoms with Crippen LogP contribution in [-0.4, -0.2) is 18.1 Å². The first-order chi connectivity index (χ1) is 9.81. The molecule has 0 aliphatic heterocycles. The van der Waals surface area contributed by atoms with E-state index in [1.807, 2.05) is 18.5 Å². The standard InChI is InChI=1S/C17H26N2O/c1-3-9-18-11-15-8-10-19-12-17(15)20-13-16-7-5-4-6-14(16)2/h4-5,8,10,12,14,16,18H,3,6-7,9,11,13H2,1-2H3. The molecular formula is C17H26N2O. The molecule has 1 aliphatic carbocycles. The van der Waals surface area contributed by atoms with E-state index in [0.717, 1.165) is 38.3 Å². The number of ether oxygens (including phenoxy) is 1. The second kappa shape index (κ2) is 8.05. The van der Waals surface area contributed by atoms with Gasteiger partial charge >= 0.3 is 0 Å². The molecule has 2 atom stereocenters. The van der Waals surface area contributed by atoms with Gasteiger partial charge in [-0.15, -0.1) is 0 Å². The number of rotatable bonds is 7. The Labute approximate surface area is 122 Å². The number of hydrogen-bond acceptors (Lipinski definition) is 3. The molecule has 2 rings (SSSR count). The number of aromatic nitrogens is 1. The second-order valence-corrected chi connectivity index (χ2v) is 5.65. The maximum absolute atomic E-state index is 6.04. The molecule has 3 heteroatoms. The van der Waals surface area contributed by atoms with Gasteiger partial charge in [-0.05, 0) is 43.7 Å². The Hall–Kier alpha value is -1.35. The molecule has 0 spiro atoms. The Morgan fingerprint density at radius 3 is 3.00 bits per heavy atom. The fraction of sp³-hybridized carbons (Fsp3) is 0.588. The number of nitrogens with zero attached hydrogens (tertiary/aromatic N) is 1. The van der Waals surface area contributed by atoms with Gasteiger partial charge in [0.05, 0.1) is 12.8 Å². The van der Waals surface area contributed by atoms with E-state index in [1.54, 1.807) is 0 Å². The van der Waals surface area contributed by atoms with Crippen LogP contribution in [0.1, 0.15) is 38.7 Å². The van der Waals surface area contributed by atoms with Crippen LogP contribution in [0.3, 0.4) is 0 Å². The molecule has 0 amide bonds. The van der Waals surface area contributed by atoms with Gasteiger partial charge in [0, 0.05) is 18.3 Å². The van der Waals surface area contributed by atoms with Gasteiger partial charge in [-0.3, -0.25) is 4.98 Å². The first-order valence-electron chi connectivity index (χ1n) is 7.72. The molecule has 1 N–H and O–H groups in total. The van der Waals surface area contributed by atoms with E-state index in [4.69, 9.17) is 4.74 Å². The highest BCUT2D eigenvalue weighted by Crippen LogP contribution is 2.26. The fourth-order valence-electron chi connectivity index (χ4n) is 2.52. The summed E-state index contributed by atoms with van der Waals surface area (Å²) in [5.41, 5.74) is 1.20. The minimum Gasteiger partial charge on any atom is -0.491 e. The molecule has 20 heavy (non-hydrogen) atoms. The van der Waals surface area contributed by atoms with Crippen LogP contribution in [0.5, 0.6) is 5.75 Å². The monoisotopic (exact) mass is 274 g/mol. The predicted octanol–water partition coefficient (Wildman–Crippen LogP) is 3.56. The number of hydrogen-bond donors (Lipinski definition) is 1. The third kappa shape index (κ3) is 4.34. The normalized spacial score (nSPS) is 21.9. The topological polar surface area (TPSA) is 34.2 Å². The van der Waals surface area contributed by atoms with Gasteiger partial charge in [-0.25, -0.2) is 0 Å². The zero-order chi connectivity index (χ0) is 14.2. The van der Waals surface area contributed by atoms with Gasteiger partial charge in [0.2, 0.25) is 0 Å². The van der Waals surface area contributed by atoms with Crippen molar-refractivity contribution in [2.45, 2.75) is 39.7 Å². The Bertz CT molecular complexity index is 431. The van der Waals surface area contributed by atoms with E-state index in [2.05, 4.69) is 36.3 Å². The van der Waals surface area contributed by atoms with Gasteiger partial charge in [-0.1, -0.05) is 26.0 Å². The number of nitrogens with one attached hydrogen (secondary N) is 1. The van der Waals surface area contributed by atoms with Crippen molar-refractivity contribution in [2.24, 2.45) is 11.8 Å². The number of allylic oxidation sites excluding steroid dienone is 2. The number of pyridine rings is 1. The summed E-state index contributed by atoms with van der Waals surface area (Å²) >= 11 is 0. The molecule has 3 nitrogen and oxygen atoms in total. The second-order valence-electron chi connectivity index (χ2n) is 5.65. The van der Waals surface area contributed by atoms with E-state index < -0.39 is 0 Å². The van der Waals surface area contributed by atoms with Crippen molar-refractivity contribution in [1.82, 2.24) is 10.3 Å². The molecule has 1 aromatic rings. The highest BCUT2D eigenvalue weighted by Gasteiger charge is 2.19. The van der Waals surface area contributed by atoms with Crippen LogP contribution >= 0.6 is 0 Å². The fourth-order valence-corrected chi connectivity index (χ4v) is 2.52. The summed E-state index contributed by atoms with van der Waals surface area (Å²) in [7, 11) is 0. The van der Waals surface area contributed by atoms with Crippen LogP contribution in [0.25, 0.3) is 0 Å². The van der Waals surface area contributed by atoms with Crippen LogP contribution in [0.2, 0.25) is 0 Å². The van der Waals surface area contributed by atoms with Crippen molar-refractivity contribution >= 4 is 0 Å². The lowest BCUT2D eigenvalue weighted by atomic mass is 9.85. The van der Waals surface area contributed by atoms with Gasteiger partial charge < -0.3 is 10.1 Å². The van der Waals surface area contributed by atoms with E-state index in [-0.39, 0.29) is 0 Å². The average Bonchev–Trinajstić information content (AvgIpc) is 2.48. The molecule has 0 fully saturated rings. The minimum absolute atomic E-state index is 0.622. The molecule has 1 heterocycles. The van der Waals surface area contributed by atoms with Crippen LogP contribution in [0, 0.1) is 11.8 Å². The lowest BCUT2D eigenvalue weighted by molar-refractivity contribution is 0.196. The summed E-state index contributed by atoms with van der Waals surface area (Å²) in [6.45, 7) is 7.16. The van der Waals surface area contributed by atoms with E-state index >= 15 is 0 Å². The Kier molecular flexibility index (Phi) is 6.06. The Balaban J connectivity index is 1.89. The first kappa shape index (κ1) is 15.0. The van der Waals surface area contributed by atoms with E-state index in [1.165, 1.54) is 12.0 Å². The zero-order valence-corrected chi connectivity index (χ0v) is 12.6. The van der Waals surface area contributed by atoms with Crippen molar-refractivity contribution in [3.05, 3.63) is 36.2 Å². The molecule has 0 radical (unpaired) electrons. The minimum atomic E-state index is 0.622. The Morgan fingerprint density at radius 2 is 2.20 bits per heavy atom. The lowest BCUT2D eigenvalue weighted by Crippen LogP contribution is -2.22. The highest BCUT2D eigenvalue weighted by atomic mass is 16.5. The molecule has 0 bridgehead atoms. The maximum Gasteiger partial charge on any atom is 0.142 e. The highest BCUT2D eigenvalue weighted by molar-refractivity contribution is 5.29. The summed E-state index contributed by atoms with van der Waals surface area (Å²) < 4.78 is 6.04. The Morgan fingerprint density at radius 1 is 1.35 bits per heavy atom. The zero-order valence-electron chi connectivity index (χ0n) is 12.6. The molecule has 0 saturated heterocycles. The van der Waals surface area contributed by atoms with E-state index in [9.17, 15) is 0 Å². The van der Waals surface area contributed by atoms with Crippen molar-refractivity contribution in [2.75, 3.05) is 13.2 Å². The average molecular weight is 274 g/mol. The van der Waals surface area contributed by atoms with Crippen molar-refractivity contribution < 1.29 is 4.74 Å². The van der Waals surface area contributed by atoms with Crippen LogP contribution in [0.15, 0.2) is 30.6 Å². The smallest absolute Gasteiger partial charge is 0.142 e. The quantitative estimate of drug-likeness (QED) is 0.610. The predicted molar refractivity (Wildman–Crippen MR) is 82.8 cm³/mol. The van der Waals surface area contributed by atoms with Crippen LogP contribution < -0.4 is 10.1 Å². The molecule has 110 valence electrons. The molecule has 2 unspecified atom stereocenters. The SMILES string of the molecule is CCCNCc1ccncc1OCC1CC=CCC1C. The van der Waals surface area contributed by atoms with Crippen LogP contribution in [-0.2, 0) is 6.54 Å². The molecule has 1 aliphatic rings. The maximum atomic E-state index is 6.04. The van der Waals surface area contributed by atoms with Gasteiger partial charge in [-0.2, -0.15) is 0 Å².